The van der Waals surface area contributed by atoms with E-state index in [1.54, 1.807) is 38.7 Å². The van der Waals surface area contributed by atoms with Gasteiger partial charge in [-0.25, -0.2) is 0 Å². The van der Waals surface area contributed by atoms with E-state index in [0.717, 1.165) is 17.4 Å². The fourth-order valence-electron chi connectivity index (χ4n) is 1.70. The summed E-state index contributed by atoms with van der Waals surface area (Å²) in [4.78, 5) is 14.8. The molecule has 0 N–H and O–H groups in total. The van der Waals surface area contributed by atoms with Crippen molar-refractivity contribution in [3.63, 3.8) is 0 Å². The van der Waals surface area contributed by atoms with Crippen LogP contribution >= 0.6 is 0 Å². The number of nitrogens with zero attached hydrogens (tertiary/aromatic N) is 1. The first-order chi connectivity index (χ1) is 8.78. The minimum absolute atomic E-state index is 0.575. The highest BCUT2D eigenvalue weighted by molar-refractivity contribution is 5.80. The molecule has 0 aliphatic carbocycles. The molecule has 4 heteroatoms. The number of aromatic nitrogens is 1. The molecule has 1 aromatic heterocycles. The average molecular weight is 243 g/mol. The van der Waals surface area contributed by atoms with Crippen molar-refractivity contribution >= 4 is 6.29 Å². The highest BCUT2D eigenvalue weighted by Gasteiger charge is 2.08. The van der Waals surface area contributed by atoms with E-state index in [1.807, 2.05) is 12.1 Å². The van der Waals surface area contributed by atoms with Crippen LogP contribution in [-0.4, -0.2) is 25.5 Å². The first-order valence-electron chi connectivity index (χ1n) is 5.41. The van der Waals surface area contributed by atoms with Crippen LogP contribution in [0.2, 0.25) is 0 Å². The van der Waals surface area contributed by atoms with Gasteiger partial charge in [-0.3, -0.25) is 9.78 Å². The van der Waals surface area contributed by atoms with Crippen LogP contribution < -0.4 is 9.47 Å². The van der Waals surface area contributed by atoms with Gasteiger partial charge in [0.1, 0.15) is 17.8 Å². The zero-order valence-corrected chi connectivity index (χ0v) is 10.2. The maximum absolute atomic E-state index is 10.7. The third-order valence-corrected chi connectivity index (χ3v) is 2.62. The van der Waals surface area contributed by atoms with E-state index in [4.69, 9.17) is 9.47 Å². The van der Waals surface area contributed by atoms with Crippen molar-refractivity contribution in [3.8, 4) is 22.6 Å². The molecule has 0 radical (unpaired) electrons. The Morgan fingerprint density at radius 3 is 2.61 bits per heavy atom. The van der Waals surface area contributed by atoms with Gasteiger partial charge >= 0.3 is 0 Å². The Balaban J connectivity index is 2.52. The number of carbonyl (C=O) groups is 1. The van der Waals surface area contributed by atoms with Gasteiger partial charge in [0.2, 0.25) is 0 Å². The number of rotatable bonds is 4. The number of benzene rings is 1. The van der Waals surface area contributed by atoms with Gasteiger partial charge in [0.05, 0.1) is 20.4 Å². The molecule has 0 saturated heterocycles. The van der Waals surface area contributed by atoms with Gasteiger partial charge in [-0.15, -0.1) is 0 Å². The van der Waals surface area contributed by atoms with E-state index >= 15 is 0 Å². The Labute approximate surface area is 105 Å². The third kappa shape index (κ3) is 2.32. The zero-order chi connectivity index (χ0) is 13.0. The third-order valence-electron chi connectivity index (χ3n) is 2.62. The second-order valence-corrected chi connectivity index (χ2v) is 3.69. The highest BCUT2D eigenvalue weighted by atomic mass is 16.5. The predicted molar refractivity (Wildman–Crippen MR) is 68.2 cm³/mol. The minimum atomic E-state index is 0.575. The Morgan fingerprint density at radius 2 is 1.94 bits per heavy atom. The summed E-state index contributed by atoms with van der Waals surface area (Å²) in [5.74, 6) is 1.31. The minimum Gasteiger partial charge on any atom is -0.496 e. The molecule has 0 aliphatic rings. The highest BCUT2D eigenvalue weighted by Crippen LogP contribution is 2.31. The van der Waals surface area contributed by atoms with Crippen LogP contribution in [0.15, 0.2) is 36.7 Å². The van der Waals surface area contributed by atoms with Crippen molar-refractivity contribution in [2.75, 3.05) is 14.2 Å². The van der Waals surface area contributed by atoms with Gasteiger partial charge < -0.3 is 9.47 Å². The fourth-order valence-corrected chi connectivity index (χ4v) is 1.70. The zero-order valence-electron chi connectivity index (χ0n) is 10.2. The lowest BCUT2D eigenvalue weighted by Gasteiger charge is -2.09. The number of hydrogen-bond acceptors (Lipinski definition) is 4. The number of methoxy groups -OCH3 is 2. The number of pyridine rings is 1. The summed E-state index contributed by atoms with van der Waals surface area (Å²) >= 11 is 0. The van der Waals surface area contributed by atoms with Gasteiger partial charge in [-0.2, -0.15) is 0 Å². The number of carbonyl (C=O) groups excluding carboxylic acids is 1. The Morgan fingerprint density at radius 1 is 1.11 bits per heavy atom. The van der Waals surface area contributed by atoms with Crippen LogP contribution in [0.25, 0.3) is 11.1 Å². The molecule has 1 heterocycles. The molecule has 18 heavy (non-hydrogen) atoms. The summed E-state index contributed by atoms with van der Waals surface area (Å²) in [6, 6.07) is 7.14. The molecular weight excluding hydrogens is 230 g/mol. The van der Waals surface area contributed by atoms with Crippen molar-refractivity contribution in [3.05, 3.63) is 42.2 Å². The van der Waals surface area contributed by atoms with E-state index in [-0.39, 0.29) is 0 Å². The van der Waals surface area contributed by atoms with E-state index in [2.05, 4.69) is 4.98 Å². The molecular formula is C14H13NO3. The standard InChI is InChI=1S/C14H13NO3/c1-17-12-6-11(7-15-8-12)13-4-3-10(9-16)5-14(13)18-2/h3-9H,1-2H3. The smallest absolute Gasteiger partial charge is 0.150 e. The molecule has 92 valence electrons. The molecule has 2 aromatic rings. The molecule has 0 atom stereocenters. The molecule has 0 amide bonds. The number of ether oxygens (including phenoxy) is 2. The van der Waals surface area contributed by atoms with Gasteiger partial charge in [-0.05, 0) is 18.2 Å². The van der Waals surface area contributed by atoms with Gasteiger partial charge in [0, 0.05) is 22.9 Å². The molecule has 0 spiro atoms. The van der Waals surface area contributed by atoms with Crippen LogP contribution in [0.4, 0.5) is 0 Å². The van der Waals surface area contributed by atoms with Crippen LogP contribution in [0.1, 0.15) is 10.4 Å². The van der Waals surface area contributed by atoms with Crippen molar-refractivity contribution < 1.29 is 14.3 Å². The molecule has 0 saturated carbocycles. The quantitative estimate of drug-likeness (QED) is 0.774. The largest absolute Gasteiger partial charge is 0.496 e. The lowest BCUT2D eigenvalue weighted by Crippen LogP contribution is -1.92. The second-order valence-electron chi connectivity index (χ2n) is 3.69. The number of hydrogen-bond donors (Lipinski definition) is 0. The first kappa shape index (κ1) is 12.1. The second kappa shape index (κ2) is 5.31. The molecule has 0 aliphatic heterocycles. The summed E-state index contributed by atoms with van der Waals surface area (Å²) in [5.41, 5.74) is 2.32. The summed E-state index contributed by atoms with van der Waals surface area (Å²) in [5, 5.41) is 0. The maximum atomic E-state index is 10.7. The molecule has 0 unspecified atom stereocenters. The van der Waals surface area contributed by atoms with Gasteiger partial charge in [-0.1, -0.05) is 6.07 Å². The SMILES string of the molecule is COc1cncc(-c2ccc(C=O)cc2OC)c1. The van der Waals surface area contributed by atoms with Crippen molar-refractivity contribution in [1.82, 2.24) is 4.98 Å². The molecule has 0 fully saturated rings. The summed E-state index contributed by atoms with van der Waals surface area (Å²) in [6.07, 6.45) is 4.15. The fraction of sp³-hybridized carbons (Fsp3) is 0.143. The molecule has 1 aromatic carbocycles. The normalized spacial score (nSPS) is 9.89. The lowest BCUT2D eigenvalue weighted by atomic mass is 10.0. The van der Waals surface area contributed by atoms with E-state index in [9.17, 15) is 4.79 Å². The Hall–Kier alpha value is -2.36. The molecule has 2 rings (SSSR count). The first-order valence-corrected chi connectivity index (χ1v) is 5.41. The van der Waals surface area contributed by atoms with Crippen LogP contribution in [0, 0.1) is 0 Å². The lowest BCUT2D eigenvalue weighted by molar-refractivity contribution is 0.112. The van der Waals surface area contributed by atoms with Crippen LogP contribution in [0.5, 0.6) is 11.5 Å². The van der Waals surface area contributed by atoms with Gasteiger partial charge in [0.25, 0.3) is 0 Å². The van der Waals surface area contributed by atoms with E-state index in [1.165, 1.54) is 0 Å². The number of aldehydes is 1. The van der Waals surface area contributed by atoms with E-state index < -0.39 is 0 Å². The van der Waals surface area contributed by atoms with Crippen molar-refractivity contribution in [2.24, 2.45) is 0 Å². The summed E-state index contributed by atoms with van der Waals surface area (Å²) in [7, 11) is 3.16. The van der Waals surface area contributed by atoms with Gasteiger partial charge in [0.15, 0.2) is 0 Å². The average Bonchev–Trinajstić information content (AvgIpc) is 2.46. The molecule has 0 bridgehead atoms. The maximum Gasteiger partial charge on any atom is 0.150 e. The summed E-state index contributed by atoms with van der Waals surface area (Å²) < 4.78 is 10.4. The van der Waals surface area contributed by atoms with E-state index in [0.29, 0.717) is 17.1 Å². The van der Waals surface area contributed by atoms with Crippen LogP contribution in [-0.2, 0) is 0 Å². The summed E-state index contributed by atoms with van der Waals surface area (Å²) in [6.45, 7) is 0. The predicted octanol–water partition coefficient (Wildman–Crippen LogP) is 2.58. The van der Waals surface area contributed by atoms with Crippen molar-refractivity contribution in [1.29, 1.82) is 0 Å². The Bertz CT molecular complexity index is 567. The topological polar surface area (TPSA) is 48.4 Å². The van der Waals surface area contributed by atoms with Crippen molar-refractivity contribution in [2.45, 2.75) is 0 Å². The monoisotopic (exact) mass is 243 g/mol. The Kier molecular flexibility index (Phi) is 3.57. The molecule has 4 nitrogen and oxygen atoms in total. The van der Waals surface area contributed by atoms with Crippen LogP contribution in [0.3, 0.4) is 0 Å².